The Balaban J connectivity index is 1.76. The summed E-state index contributed by atoms with van der Waals surface area (Å²) in [5.41, 5.74) is 0.655. The molecule has 6 heteroatoms. The summed E-state index contributed by atoms with van der Waals surface area (Å²) in [5.74, 6) is 1.47. The molecule has 5 nitrogen and oxygen atoms in total. The van der Waals surface area contributed by atoms with Gasteiger partial charge in [0.1, 0.15) is 5.82 Å². The third-order valence-corrected chi connectivity index (χ3v) is 3.13. The molecule has 0 saturated heterocycles. The molecule has 1 fully saturated rings. The molecule has 2 aliphatic rings. The number of aromatic nitrogens is 2. The van der Waals surface area contributed by atoms with Crippen LogP contribution in [0.3, 0.4) is 0 Å². The lowest BCUT2D eigenvalue weighted by Crippen LogP contribution is -2.36. The van der Waals surface area contributed by atoms with Crippen molar-refractivity contribution < 1.29 is 0 Å². The van der Waals surface area contributed by atoms with Gasteiger partial charge in [-0.25, -0.2) is 4.99 Å². The van der Waals surface area contributed by atoms with Gasteiger partial charge in [-0.2, -0.15) is 5.10 Å². The lowest BCUT2D eigenvalue weighted by molar-refractivity contribution is 0.658. The van der Waals surface area contributed by atoms with E-state index in [0.717, 1.165) is 5.82 Å². The van der Waals surface area contributed by atoms with Gasteiger partial charge in [-0.15, -0.1) is 0 Å². The second kappa shape index (κ2) is 3.77. The standard InChI is InChI=1S/C11H14ClN5/c1-11(4-5-13-10(12)15-11)14-9-6-8(16-17-9)7-2-3-7/h4-7H,2-3H2,1H3,(H,13,15)(H2,14,16,17). The lowest BCUT2D eigenvalue weighted by atomic mass is 10.2. The second-order valence-corrected chi connectivity index (χ2v) is 4.99. The first-order chi connectivity index (χ1) is 8.15. The summed E-state index contributed by atoms with van der Waals surface area (Å²) in [4.78, 5) is 4.30. The fourth-order valence-electron chi connectivity index (χ4n) is 1.88. The van der Waals surface area contributed by atoms with E-state index >= 15 is 0 Å². The van der Waals surface area contributed by atoms with E-state index in [9.17, 15) is 0 Å². The van der Waals surface area contributed by atoms with E-state index in [0.29, 0.717) is 11.2 Å². The Morgan fingerprint density at radius 1 is 1.53 bits per heavy atom. The molecule has 1 atom stereocenters. The number of anilines is 1. The molecule has 1 aromatic rings. The Morgan fingerprint density at radius 3 is 3.06 bits per heavy atom. The first-order valence-corrected chi connectivity index (χ1v) is 6.05. The lowest BCUT2D eigenvalue weighted by Gasteiger charge is -2.25. The zero-order valence-corrected chi connectivity index (χ0v) is 10.3. The van der Waals surface area contributed by atoms with Crippen molar-refractivity contribution in [3.63, 3.8) is 0 Å². The molecule has 0 bridgehead atoms. The van der Waals surface area contributed by atoms with Gasteiger partial charge in [0.15, 0.2) is 11.0 Å². The molecule has 3 N–H and O–H groups in total. The number of nitrogens with zero attached hydrogens (tertiary/aromatic N) is 2. The number of H-pyrrole nitrogens is 1. The molecule has 2 heterocycles. The van der Waals surface area contributed by atoms with Crippen molar-refractivity contribution in [1.29, 1.82) is 0 Å². The number of rotatable bonds is 3. The van der Waals surface area contributed by atoms with Crippen LogP contribution in [0.2, 0.25) is 0 Å². The topological polar surface area (TPSA) is 65.1 Å². The van der Waals surface area contributed by atoms with Crippen molar-refractivity contribution in [3.05, 3.63) is 24.0 Å². The Kier molecular flexibility index (Phi) is 2.36. The number of aliphatic imine (C=N–C) groups is 1. The van der Waals surface area contributed by atoms with Crippen LogP contribution in [0.15, 0.2) is 23.3 Å². The van der Waals surface area contributed by atoms with E-state index in [1.807, 2.05) is 19.1 Å². The van der Waals surface area contributed by atoms with Gasteiger partial charge in [0.2, 0.25) is 0 Å². The third-order valence-electron chi connectivity index (χ3n) is 2.94. The van der Waals surface area contributed by atoms with Crippen LogP contribution in [0.1, 0.15) is 31.4 Å². The van der Waals surface area contributed by atoms with E-state index < -0.39 is 5.66 Å². The van der Waals surface area contributed by atoms with Gasteiger partial charge in [-0.1, -0.05) is 0 Å². The van der Waals surface area contributed by atoms with Crippen LogP contribution >= 0.6 is 11.6 Å². The van der Waals surface area contributed by atoms with Crippen molar-refractivity contribution in [2.45, 2.75) is 31.3 Å². The predicted molar refractivity (Wildman–Crippen MR) is 68.2 cm³/mol. The maximum atomic E-state index is 5.85. The minimum atomic E-state index is -0.543. The van der Waals surface area contributed by atoms with Crippen molar-refractivity contribution in [2.75, 3.05) is 5.32 Å². The minimum absolute atomic E-state index is 0.375. The number of halogens is 1. The Labute approximate surface area is 104 Å². The Hall–Kier alpha value is -1.49. The quantitative estimate of drug-likeness (QED) is 0.721. The highest BCUT2D eigenvalue weighted by molar-refractivity contribution is 6.64. The zero-order valence-electron chi connectivity index (χ0n) is 9.50. The van der Waals surface area contributed by atoms with Crippen LogP contribution in [0.4, 0.5) is 5.82 Å². The highest BCUT2D eigenvalue weighted by Crippen LogP contribution is 2.39. The molecule has 1 aliphatic carbocycles. The summed E-state index contributed by atoms with van der Waals surface area (Å²) < 4.78 is 0. The average molecular weight is 252 g/mol. The summed E-state index contributed by atoms with van der Waals surface area (Å²) in [7, 11) is 0. The normalized spacial score (nSPS) is 27.5. The Morgan fingerprint density at radius 2 is 2.35 bits per heavy atom. The van der Waals surface area contributed by atoms with Crippen LogP contribution in [-0.4, -0.2) is 21.2 Å². The molecule has 1 aromatic heterocycles. The monoisotopic (exact) mass is 251 g/mol. The highest BCUT2D eigenvalue weighted by atomic mass is 35.5. The third kappa shape index (κ3) is 2.29. The highest BCUT2D eigenvalue weighted by Gasteiger charge is 2.27. The van der Waals surface area contributed by atoms with Gasteiger partial charge < -0.3 is 10.6 Å². The van der Waals surface area contributed by atoms with Crippen molar-refractivity contribution in [1.82, 2.24) is 15.5 Å². The van der Waals surface area contributed by atoms with Gasteiger partial charge in [-0.05, 0) is 37.4 Å². The summed E-state index contributed by atoms with van der Waals surface area (Å²) in [6.45, 7) is 1.94. The molecule has 0 radical (unpaired) electrons. The van der Waals surface area contributed by atoms with Crippen molar-refractivity contribution in [3.8, 4) is 0 Å². The molecule has 17 heavy (non-hydrogen) atoms. The van der Waals surface area contributed by atoms with Gasteiger partial charge in [0.25, 0.3) is 0 Å². The van der Waals surface area contributed by atoms with E-state index in [2.05, 4.69) is 25.8 Å². The number of aromatic amines is 1. The van der Waals surface area contributed by atoms with Crippen molar-refractivity contribution in [2.24, 2.45) is 4.99 Å². The van der Waals surface area contributed by atoms with E-state index in [-0.39, 0.29) is 0 Å². The van der Waals surface area contributed by atoms with Crippen LogP contribution < -0.4 is 10.6 Å². The summed E-state index contributed by atoms with van der Waals surface area (Å²) in [6, 6.07) is 2.04. The van der Waals surface area contributed by atoms with Gasteiger partial charge >= 0.3 is 0 Å². The zero-order chi connectivity index (χ0) is 11.9. The Bertz CT molecular complexity index is 488. The van der Waals surface area contributed by atoms with Crippen LogP contribution in [-0.2, 0) is 0 Å². The summed E-state index contributed by atoms with van der Waals surface area (Å²) in [6.07, 6.45) is 6.19. The molecule has 0 spiro atoms. The maximum Gasteiger partial charge on any atom is 0.197 e. The molecule has 90 valence electrons. The van der Waals surface area contributed by atoms with Crippen molar-refractivity contribution >= 4 is 22.7 Å². The maximum absolute atomic E-state index is 5.85. The number of nitrogens with one attached hydrogen (secondary N) is 3. The predicted octanol–water partition coefficient (Wildman–Crippen LogP) is 2.13. The summed E-state index contributed by atoms with van der Waals surface area (Å²) in [5, 5.41) is 13.7. The van der Waals surface area contributed by atoms with Gasteiger partial charge in [0, 0.05) is 23.9 Å². The van der Waals surface area contributed by atoms with E-state index in [4.69, 9.17) is 11.6 Å². The molecule has 1 saturated carbocycles. The van der Waals surface area contributed by atoms with E-state index in [1.54, 1.807) is 6.20 Å². The van der Waals surface area contributed by atoms with Crippen LogP contribution in [0, 0.1) is 0 Å². The van der Waals surface area contributed by atoms with Gasteiger partial charge in [0.05, 0.1) is 0 Å². The number of hydrogen-bond donors (Lipinski definition) is 3. The minimum Gasteiger partial charge on any atom is -0.341 e. The fourth-order valence-corrected chi connectivity index (χ4v) is 2.12. The summed E-state index contributed by atoms with van der Waals surface area (Å²) >= 11 is 5.85. The molecular formula is C11H14ClN5. The molecule has 0 aromatic carbocycles. The van der Waals surface area contributed by atoms with E-state index in [1.165, 1.54) is 18.5 Å². The van der Waals surface area contributed by atoms with Gasteiger partial charge in [-0.3, -0.25) is 5.10 Å². The first kappa shape index (κ1) is 10.7. The molecule has 1 aliphatic heterocycles. The molecular weight excluding hydrogens is 238 g/mol. The number of amidine groups is 1. The largest absolute Gasteiger partial charge is 0.341 e. The fraction of sp³-hybridized carbons (Fsp3) is 0.455. The molecule has 1 unspecified atom stereocenters. The first-order valence-electron chi connectivity index (χ1n) is 5.68. The number of hydrogen-bond acceptors (Lipinski definition) is 4. The smallest absolute Gasteiger partial charge is 0.197 e. The average Bonchev–Trinajstić information content (AvgIpc) is 3.00. The molecule has 3 rings (SSSR count). The van der Waals surface area contributed by atoms with Crippen LogP contribution in [0.25, 0.3) is 0 Å². The van der Waals surface area contributed by atoms with Crippen LogP contribution in [0.5, 0.6) is 0 Å². The SMILES string of the molecule is CC1(Nc2cc(C3CC3)[nH]n2)C=CNC(Cl)=N1. The molecule has 0 amide bonds. The second-order valence-electron chi connectivity index (χ2n) is 4.64.